The van der Waals surface area contributed by atoms with E-state index >= 15 is 0 Å². The van der Waals surface area contributed by atoms with Crippen LogP contribution in [0, 0.1) is 6.92 Å². The standard InChI is InChI=1S/C17H18Cl2N4O/c1-11-2-3-13(20)9-14(11)17(24)23-6-4-22(5-7-23)16-15(19)8-12(18)10-21-16/h2-3,8-10H,4-7,20H2,1H3. The molecule has 0 saturated carbocycles. The molecular formula is C17H18Cl2N4O. The number of piperazine rings is 1. The van der Waals surface area contributed by atoms with Crippen LogP contribution in [-0.2, 0) is 0 Å². The Labute approximate surface area is 151 Å². The first-order chi connectivity index (χ1) is 11.5. The number of nitrogens with zero attached hydrogens (tertiary/aromatic N) is 3. The van der Waals surface area contributed by atoms with E-state index in [1.807, 2.05) is 17.9 Å². The zero-order valence-corrected chi connectivity index (χ0v) is 14.8. The lowest BCUT2D eigenvalue weighted by Gasteiger charge is -2.36. The SMILES string of the molecule is Cc1ccc(N)cc1C(=O)N1CCN(c2ncc(Cl)cc2Cl)CC1. The molecule has 1 aliphatic heterocycles. The predicted molar refractivity (Wildman–Crippen MR) is 98.0 cm³/mol. The molecule has 24 heavy (non-hydrogen) atoms. The van der Waals surface area contributed by atoms with Gasteiger partial charge in [-0.15, -0.1) is 0 Å². The average molecular weight is 365 g/mol. The second kappa shape index (κ2) is 6.87. The first-order valence-corrected chi connectivity index (χ1v) is 8.42. The van der Waals surface area contributed by atoms with Gasteiger partial charge in [-0.25, -0.2) is 4.98 Å². The molecule has 1 fully saturated rings. The summed E-state index contributed by atoms with van der Waals surface area (Å²) < 4.78 is 0. The smallest absolute Gasteiger partial charge is 0.254 e. The van der Waals surface area contributed by atoms with E-state index in [4.69, 9.17) is 28.9 Å². The topological polar surface area (TPSA) is 62.5 Å². The Kier molecular flexibility index (Phi) is 4.83. The number of nitrogen functional groups attached to an aromatic ring is 1. The number of amides is 1. The van der Waals surface area contributed by atoms with E-state index in [9.17, 15) is 4.79 Å². The van der Waals surface area contributed by atoms with Crippen LogP contribution in [-0.4, -0.2) is 42.0 Å². The van der Waals surface area contributed by atoms with Crippen molar-refractivity contribution in [2.45, 2.75) is 6.92 Å². The van der Waals surface area contributed by atoms with Crippen LogP contribution in [0.3, 0.4) is 0 Å². The predicted octanol–water partition coefficient (Wildman–Crippen LogP) is 3.24. The van der Waals surface area contributed by atoms with Crippen LogP contribution in [0.5, 0.6) is 0 Å². The summed E-state index contributed by atoms with van der Waals surface area (Å²) in [5, 5.41) is 1.03. The molecule has 1 aromatic heterocycles. The fraction of sp³-hybridized carbons (Fsp3) is 0.294. The number of benzene rings is 1. The molecule has 2 aromatic rings. The van der Waals surface area contributed by atoms with E-state index in [1.54, 1.807) is 24.4 Å². The fourth-order valence-corrected chi connectivity index (χ4v) is 3.30. The molecule has 0 unspecified atom stereocenters. The summed E-state index contributed by atoms with van der Waals surface area (Å²) >= 11 is 12.1. The van der Waals surface area contributed by atoms with Crippen molar-refractivity contribution in [3.05, 3.63) is 51.6 Å². The van der Waals surface area contributed by atoms with Crippen LogP contribution in [0.2, 0.25) is 10.0 Å². The van der Waals surface area contributed by atoms with Gasteiger partial charge >= 0.3 is 0 Å². The van der Waals surface area contributed by atoms with Crippen molar-refractivity contribution in [1.82, 2.24) is 9.88 Å². The van der Waals surface area contributed by atoms with Gasteiger partial charge in [0.15, 0.2) is 0 Å². The summed E-state index contributed by atoms with van der Waals surface area (Å²) in [4.78, 5) is 20.9. The van der Waals surface area contributed by atoms with Gasteiger partial charge in [-0.3, -0.25) is 4.79 Å². The summed E-state index contributed by atoms with van der Waals surface area (Å²) in [5.41, 5.74) is 7.99. The zero-order valence-electron chi connectivity index (χ0n) is 13.3. The maximum Gasteiger partial charge on any atom is 0.254 e. The zero-order chi connectivity index (χ0) is 17.3. The van der Waals surface area contributed by atoms with E-state index in [-0.39, 0.29) is 5.91 Å². The highest BCUT2D eigenvalue weighted by Gasteiger charge is 2.25. The number of carbonyl (C=O) groups excluding carboxylic acids is 1. The Balaban J connectivity index is 1.70. The number of hydrogen-bond donors (Lipinski definition) is 1. The van der Waals surface area contributed by atoms with Gasteiger partial charge in [-0.2, -0.15) is 0 Å². The molecule has 1 saturated heterocycles. The molecule has 1 aliphatic rings. The molecule has 0 radical (unpaired) electrons. The third kappa shape index (κ3) is 3.42. The van der Waals surface area contributed by atoms with Gasteiger partial charge in [0.1, 0.15) is 5.82 Å². The van der Waals surface area contributed by atoms with Gasteiger partial charge in [0.05, 0.1) is 10.0 Å². The van der Waals surface area contributed by atoms with Crippen LogP contribution < -0.4 is 10.6 Å². The fourth-order valence-electron chi connectivity index (χ4n) is 2.80. The van der Waals surface area contributed by atoms with E-state index in [0.29, 0.717) is 53.3 Å². The minimum Gasteiger partial charge on any atom is -0.399 e. The number of anilines is 2. The highest BCUT2D eigenvalue weighted by Crippen LogP contribution is 2.27. The van der Waals surface area contributed by atoms with E-state index in [2.05, 4.69) is 9.88 Å². The van der Waals surface area contributed by atoms with Crippen LogP contribution >= 0.6 is 23.2 Å². The molecule has 5 nitrogen and oxygen atoms in total. The Morgan fingerprint density at radius 3 is 2.54 bits per heavy atom. The summed E-state index contributed by atoms with van der Waals surface area (Å²) in [6, 6.07) is 7.09. The van der Waals surface area contributed by atoms with Crippen LogP contribution in [0.15, 0.2) is 30.5 Å². The third-order valence-electron chi connectivity index (χ3n) is 4.15. The van der Waals surface area contributed by atoms with E-state index < -0.39 is 0 Å². The maximum atomic E-state index is 12.7. The largest absolute Gasteiger partial charge is 0.399 e. The molecule has 0 spiro atoms. The first-order valence-electron chi connectivity index (χ1n) is 7.67. The molecule has 2 N–H and O–H groups in total. The van der Waals surface area contributed by atoms with Gasteiger partial charge in [-0.1, -0.05) is 29.3 Å². The lowest BCUT2D eigenvalue weighted by molar-refractivity contribution is 0.0746. The summed E-state index contributed by atoms with van der Waals surface area (Å²) in [5.74, 6) is 0.711. The molecule has 7 heteroatoms. The lowest BCUT2D eigenvalue weighted by Crippen LogP contribution is -2.49. The molecular weight excluding hydrogens is 347 g/mol. The Bertz CT molecular complexity index is 773. The van der Waals surface area contributed by atoms with Crippen molar-refractivity contribution < 1.29 is 4.79 Å². The second-order valence-corrected chi connectivity index (χ2v) is 6.66. The molecule has 1 amide bonds. The number of halogens is 2. The number of pyridine rings is 1. The maximum absolute atomic E-state index is 12.7. The summed E-state index contributed by atoms with van der Waals surface area (Å²) in [7, 11) is 0. The monoisotopic (exact) mass is 364 g/mol. The third-order valence-corrected chi connectivity index (χ3v) is 4.63. The highest BCUT2D eigenvalue weighted by molar-refractivity contribution is 6.36. The Morgan fingerprint density at radius 1 is 1.17 bits per heavy atom. The quantitative estimate of drug-likeness (QED) is 0.830. The van der Waals surface area contributed by atoms with Crippen molar-refractivity contribution in [3.8, 4) is 0 Å². The van der Waals surface area contributed by atoms with Crippen LogP contribution in [0.25, 0.3) is 0 Å². The lowest BCUT2D eigenvalue weighted by atomic mass is 10.1. The molecule has 0 aliphatic carbocycles. The van der Waals surface area contributed by atoms with Crippen LogP contribution in [0.4, 0.5) is 11.5 Å². The average Bonchev–Trinajstić information content (AvgIpc) is 2.57. The highest BCUT2D eigenvalue weighted by atomic mass is 35.5. The van der Waals surface area contributed by atoms with Gasteiger partial charge in [-0.05, 0) is 30.7 Å². The Morgan fingerprint density at radius 2 is 1.88 bits per heavy atom. The van der Waals surface area contributed by atoms with Crippen molar-refractivity contribution in [3.63, 3.8) is 0 Å². The molecule has 1 aromatic carbocycles. The van der Waals surface area contributed by atoms with Crippen molar-refractivity contribution in [1.29, 1.82) is 0 Å². The number of carbonyl (C=O) groups is 1. The van der Waals surface area contributed by atoms with Crippen molar-refractivity contribution in [2.75, 3.05) is 36.8 Å². The first kappa shape index (κ1) is 16.9. The van der Waals surface area contributed by atoms with Crippen molar-refractivity contribution >= 4 is 40.6 Å². The normalized spacial score (nSPS) is 14.8. The molecule has 126 valence electrons. The molecule has 2 heterocycles. The van der Waals surface area contributed by atoms with Gasteiger partial charge < -0.3 is 15.5 Å². The van der Waals surface area contributed by atoms with Gasteiger partial charge in [0.25, 0.3) is 5.91 Å². The minimum absolute atomic E-state index is 0.00890. The number of aromatic nitrogens is 1. The number of rotatable bonds is 2. The summed E-state index contributed by atoms with van der Waals surface area (Å²) in [6.45, 7) is 4.46. The Hall–Kier alpha value is -1.98. The second-order valence-electron chi connectivity index (χ2n) is 5.81. The number of hydrogen-bond acceptors (Lipinski definition) is 4. The molecule has 0 bridgehead atoms. The molecule has 3 rings (SSSR count). The number of aryl methyl sites for hydroxylation is 1. The van der Waals surface area contributed by atoms with Gasteiger partial charge in [0, 0.05) is 43.6 Å². The number of nitrogens with two attached hydrogens (primary N) is 1. The van der Waals surface area contributed by atoms with Crippen molar-refractivity contribution in [2.24, 2.45) is 0 Å². The molecule has 0 atom stereocenters. The minimum atomic E-state index is 0.00890. The summed E-state index contributed by atoms with van der Waals surface area (Å²) in [6.07, 6.45) is 1.58. The van der Waals surface area contributed by atoms with E-state index in [1.165, 1.54) is 0 Å². The van der Waals surface area contributed by atoms with E-state index in [0.717, 1.165) is 5.56 Å². The van der Waals surface area contributed by atoms with Crippen LogP contribution in [0.1, 0.15) is 15.9 Å². The van der Waals surface area contributed by atoms with Gasteiger partial charge in [0.2, 0.25) is 0 Å².